The van der Waals surface area contributed by atoms with Crippen molar-refractivity contribution in [1.82, 2.24) is 24.6 Å². The fourth-order valence-electron chi connectivity index (χ4n) is 4.20. The van der Waals surface area contributed by atoms with Crippen LogP contribution in [0.15, 0.2) is 42.6 Å². The first-order chi connectivity index (χ1) is 16.4. The quantitative estimate of drug-likeness (QED) is 0.473. The number of carbonyl (C=O) groups is 1. The van der Waals surface area contributed by atoms with Gasteiger partial charge < -0.3 is 10.2 Å². The molecule has 0 spiro atoms. The molecular weight excluding hydrogens is 446 g/mol. The molecule has 1 N–H and O–H groups in total. The number of aromatic nitrogens is 4. The van der Waals surface area contributed by atoms with E-state index in [1.54, 1.807) is 12.3 Å². The van der Waals surface area contributed by atoms with E-state index in [4.69, 9.17) is 10.4 Å². The predicted octanol–water partition coefficient (Wildman–Crippen LogP) is 4.05. The van der Waals surface area contributed by atoms with E-state index in [0.717, 1.165) is 58.2 Å². The number of aryl methyl sites for hydroxylation is 1. The molecule has 0 bridgehead atoms. The van der Waals surface area contributed by atoms with Gasteiger partial charge in [-0.25, -0.2) is 14.6 Å². The lowest BCUT2D eigenvalue weighted by atomic mass is 9.95. The van der Waals surface area contributed by atoms with Gasteiger partial charge in [0, 0.05) is 30.8 Å². The number of nitriles is 1. The molecule has 0 aliphatic heterocycles. The van der Waals surface area contributed by atoms with Gasteiger partial charge in [0.15, 0.2) is 5.13 Å². The van der Waals surface area contributed by atoms with Gasteiger partial charge in [-0.2, -0.15) is 10.4 Å². The first-order valence-corrected chi connectivity index (χ1v) is 11.7. The summed E-state index contributed by atoms with van der Waals surface area (Å²) in [6.45, 7) is 2.35. The van der Waals surface area contributed by atoms with E-state index in [2.05, 4.69) is 50.5 Å². The Morgan fingerprint density at radius 1 is 1.21 bits per heavy atom. The summed E-state index contributed by atoms with van der Waals surface area (Å²) in [5, 5.41) is 17.6. The largest absolute Gasteiger partial charge is 0.305 e. The topological polar surface area (TPSA) is 99.7 Å². The number of nitrogens with zero attached hydrogens (tertiary/aromatic N) is 6. The van der Waals surface area contributed by atoms with Gasteiger partial charge in [-0.15, -0.1) is 0 Å². The molecule has 1 amide bonds. The van der Waals surface area contributed by atoms with E-state index in [9.17, 15) is 4.79 Å². The lowest BCUT2D eigenvalue weighted by Gasteiger charge is -2.15. The summed E-state index contributed by atoms with van der Waals surface area (Å²) in [7, 11) is 4.10. The molecule has 0 unspecified atom stereocenters. The summed E-state index contributed by atoms with van der Waals surface area (Å²) in [6.07, 6.45) is 3.25. The number of pyridine rings is 1. The Balaban J connectivity index is 1.66. The standard InChI is InChI=1S/C25H23N7OS/c1-15(33)28-25-29-21-11-10-20-22(17-6-7-18(12-26)27-13-17)30-32(23(20)24(21)34-25)19-8-4-16(5-9-19)14-31(2)3/h4-9,13H,10-11,14H2,1-3H3,(H,28,29,33). The Kier molecular flexibility index (Phi) is 5.69. The van der Waals surface area contributed by atoms with Crippen molar-refractivity contribution in [3.63, 3.8) is 0 Å². The predicted molar refractivity (Wildman–Crippen MR) is 132 cm³/mol. The Hall–Kier alpha value is -3.87. The second kappa shape index (κ2) is 8.82. The van der Waals surface area contributed by atoms with Gasteiger partial charge in [-0.3, -0.25) is 4.79 Å². The molecule has 1 aliphatic carbocycles. The maximum absolute atomic E-state index is 11.6. The van der Waals surface area contributed by atoms with E-state index in [-0.39, 0.29) is 5.91 Å². The summed E-state index contributed by atoms with van der Waals surface area (Å²) in [5.74, 6) is -0.138. The number of anilines is 1. The third kappa shape index (κ3) is 4.09. The van der Waals surface area contributed by atoms with Crippen LogP contribution in [-0.4, -0.2) is 44.7 Å². The van der Waals surface area contributed by atoms with Crippen LogP contribution < -0.4 is 5.32 Å². The Morgan fingerprint density at radius 2 is 2.00 bits per heavy atom. The smallest absolute Gasteiger partial charge is 0.223 e. The fourth-order valence-corrected chi connectivity index (χ4v) is 5.32. The molecule has 9 heteroatoms. The van der Waals surface area contributed by atoms with Crippen molar-refractivity contribution in [3.05, 3.63) is 65.1 Å². The van der Waals surface area contributed by atoms with Crippen molar-refractivity contribution in [3.8, 4) is 33.6 Å². The normalized spacial score (nSPS) is 12.2. The number of thiazole rings is 1. The lowest BCUT2D eigenvalue weighted by molar-refractivity contribution is -0.114. The average Bonchev–Trinajstić information content (AvgIpc) is 3.40. The first kappa shape index (κ1) is 21.9. The number of hydrogen-bond acceptors (Lipinski definition) is 7. The van der Waals surface area contributed by atoms with Crippen molar-refractivity contribution in [2.24, 2.45) is 0 Å². The van der Waals surface area contributed by atoms with Crippen LogP contribution in [0.4, 0.5) is 5.13 Å². The van der Waals surface area contributed by atoms with Crippen LogP contribution in [0.3, 0.4) is 0 Å². The minimum Gasteiger partial charge on any atom is -0.305 e. The Morgan fingerprint density at radius 3 is 2.65 bits per heavy atom. The monoisotopic (exact) mass is 469 g/mol. The zero-order chi connectivity index (χ0) is 23.8. The molecule has 4 aromatic rings. The van der Waals surface area contributed by atoms with Crippen molar-refractivity contribution in [2.45, 2.75) is 26.3 Å². The third-order valence-electron chi connectivity index (χ3n) is 5.62. The van der Waals surface area contributed by atoms with Crippen molar-refractivity contribution in [1.29, 1.82) is 5.26 Å². The summed E-state index contributed by atoms with van der Waals surface area (Å²) >= 11 is 1.47. The summed E-state index contributed by atoms with van der Waals surface area (Å²) in [6, 6.07) is 14.1. The first-order valence-electron chi connectivity index (χ1n) is 10.9. The molecule has 0 saturated heterocycles. The maximum Gasteiger partial charge on any atom is 0.223 e. The zero-order valence-electron chi connectivity index (χ0n) is 19.2. The van der Waals surface area contributed by atoms with Crippen molar-refractivity contribution >= 4 is 22.4 Å². The molecule has 3 heterocycles. The molecule has 1 aliphatic rings. The molecule has 0 atom stereocenters. The minimum atomic E-state index is -0.138. The van der Waals surface area contributed by atoms with Crippen LogP contribution in [-0.2, 0) is 24.2 Å². The number of carbonyl (C=O) groups excluding carboxylic acids is 1. The van der Waals surface area contributed by atoms with Gasteiger partial charge in [-0.1, -0.05) is 23.5 Å². The molecule has 1 aromatic carbocycles. The van der Waals surface area contributed by atoms with E-state index in [1.807, 2.05) is 24.8 Å². The third-order valence-corrected chi connectivity index (χ3v) is 6.64. The van der Waals surface area contributed by atoms with Gasteiger partial charge >= 0.3 is 0 Å². The van der Waals surface area contributed by atoms with Crippen LogP contribution in [0.25, 0.3) is 27.5 Å². The van der Waals surface area contributed by atoms with Gasteiger partial charge in [0.05, 0.1) is 27.6 Å². The van der Waals surface area contributed by atoms with E-state index >= 15 is 0 Å². The second-order valence-electron chi connectivity index (χ2n) is 8.51. The highest BCUT2D eigenvalue weighted by atomic mass is 32.1. The Labute approximate surface area is 201 Å². The van der Waals surface area contributed by atoms with Gasteiger partial charge in [0.25, 0.3) is 0 Å². The van der Waals surface area contributed by atoms with Gasteiger partial charge in [-0.05, 0) is 56.8 Å². The molecule has 0 fully saturated rings. The van der Waals surface area contributed by atoms with Gasteiger partial charge in [0.1, 0.15) is 11.8 Å². The van der Waals surface area contributed by atoms with Crippen LogP contribution in [0.5, 0.6) is 0 Å². The maximum atomic E-state index is 11.6. The molecule has 5 rings (SSSR count). The zero-order valence-corrected chi connectivity index (χ0v) is 20.0. The summed E-state index contributed by atoms with van der Waals surface area (Å²) in [4.78, 5) is 23.7. The molecule has 170 valence electrons. The highest BCUT2D eigenvalue weighted by Crippen LogP contribution is 2.44. The highest BCUT2D eigenvalue weighted by molar-refractivity contribution is 7.19. The van der Waals surface area contributed by atoms with Crippen LogP contribution in [0.1, 0.15) is 29.4 Å². The second-order valence-corrected chi connectivity index (χ2v) is 9.51. The number of nitrogens with one attached hydrogen (secondary N) is 1. The minimum absolute atomic E-state index is 0.138. The van der Waals surface area contributed by atoms with E-state index in [0.29, 0.717) is 10.8 Å². The van der Waals surface area contributed by atoms with Crippen LogP contribution in [0.2, 0.25) is 0 Å². The fraction of sp³-hybridized carbons (Fsp3) is 0.240. The molecule has 3 aromatic heterocycles. The summed E-state index contributed by atoms with van der Waals surface area (Å²) < 4.78 is 1.97. The van der Waals surface area contributed by atoms with Crippen LogP contribution in [0, 0.1) is 11.3 Å². The molecular formula is C25H23N7OS. The molecule has 8 nitrogen and oxygen atoms in total. The summed E-state index contributed by atoms with van der Waals surface area (Å²) in [5.41, 5.74) is 7.35. The number of hydrogen-bond donors (Lipinski definition) is 1. The van der Waals surface area contributed by atoms with Crippen LogP contribution >= 0.6 is 11.3 Å². The van der Waals surface area contributed by atoms with E-state index < -0.39 is 0 Å². The van der Waals surface area contributed by atoms with Crippen molar-refractivity contribution < 1.29 is 4.79 Å². The molecule has 34 heavy (non-hydrogen) atoms. The average molecular weight is 470 g/mol. The SMILES string of the molecule is CC(=O)Nc1nc2c(s1)-c1c(c(-c3ccc(C#N)nc3)nn1-c1ccc(CN(C)C)cc1)CC2. The highest BCUT2D eigenvalue weighted by Gasteiger charge is 2.30. The Bertz CT molecular complexity index is 1410. The number of benzene rings is 1. The molecule has 0 saturated carbocycles. The molecule has 0 radical (unpaired) electrons. The lowest BCUT2D eigenvalue weighted by Crippen LogP contribution is -2.10. The number of fused-ring (bicyclic) bond motifs is 3. The van der Waals surface area contributed by atoms with Gasteiger partial charge in [0.2, 0.25) is 5.91 Å². The number of amides is 1. The van der Waals surface area contributed by atoms with E-state index in [1.165, 1.54) is 23.8 Å². The van der Waals surface area contributed by atoms with Crippen molar-refractivity contribution in [2.75, 3.05) is 19.4 Å². The number of rotatable bonds is 5.